The summed E-state index contributed by atoms with van der Waals surface area (Å²) >= 11 is 3.72. The van der Waals surface area contributed by atoms with Crippen molar-refractivity contribution >= 4 is 15.9 Å². The van der Waals surface area contributed by atoms with Crippen LogP contribution in [0, 0.1) is 0 Å². The van der Waals surface area contributed by atoms with E-state index < -0.39 is 0 Å². The van der Waals surface area contributed by atoms with Crippen molar-refractivity contribution < 1.29 is 0 Å². The minimum absolute atomic E-state index is 0.372. The number of rotatable bonds is 7. The fraction of sp³-hybridized carbons (Fsp3) is 0.500. The summed E-state index contributed by atoms with van der Waals surface area (Å²) in [5, 5.41) is 8.09. The fourth-order valence-corrected chi connectivity index (χ4v) is 3.25. The quantitative estimate of drug-likeness (QED) is 0.834. The third kappa shape index (κ3) is 3.92. The van der Waals surface area contributed by atoms with E-state index in [9.17, 15) is 0 Å². The maximum atomic E-state index is 4.67. The molecule has 0 spiro atoms. The zero-order valence-electron chi connectivity index (χ0n) is 12.9. The van der Waals surface area contributed by atoms with Gasteiger partial charge in [-0.05, 0) is 54.4 Å². The molecule has 0 bridgehead atoms. The number of halogens is 1. The monoisotopic (exact) mass is 350 g/mol. The molecule has 1 unspecified atom stereocenters. The summed E-state index contributed by atoms with van der Waals surface area (Å²) in [4.78, 5) is 4.19. The Morgan fingerprint density at radius 1 is 1.33 bits per heavy atom. The van der Waals surface area contributed by atoms with Gasteiger partial charge in [-0.3, -0.25) is 9.67 Å². The Bertz CT molecular complexity index is 565. The molecule has 4 nitrogen and oxygen atoms in total. The van der Waals surface area contributed by atoms with Gasteiger partial charge in [0.2, 0.25) is 0 Å². The number of aryl methyl sites for hydroxylation is 2. The van der Waals surface area contributed by atoms with Crippen LogP contribution < -0.4 is 5.32 Å². The van der Waals surface area contributed by atoms with Crippen LogP contribution in [0.5, 0.6) is 0 Å². The highest BCUT2D eigenvalue weighted by molar-refractivity contribution is 9.10. The standard InChI is InChI=1S/C16H23BrN4/c1-4-14-16(17)15(21(5-2)20-14)10-13(18-3)9-12-7-6-8-19-11-12/h6-8,11,13,18H,4-5,9-10H2,1-3H3. The van der Waals surface area contributed by atoms with E-state index in [1.54, 1.807) is 0 Å². The molecule has 0 aliphatic carbocycles. The molecule has 0 saturated carbocycles. The lowest BCUT2D eigenvalue weighted by atomic mass is 10.0. The van der Waals surface area contributed by atoms with Crippen LogP contribution >= 0.6 is 15.9 Å². The molecule has 0 aliphatic heterocycles. The molecule has 0 saturated heterocycles. The van der Waals surface area contributed by atoms with Gasteiger partial charge in [0.05, 0.1) is 15.9 Å². The molecule has 21 heavy (non-hydrogen) atoms. The predicted octanol–water partition coefficient (Wildman–Crippen LogP) is 3.00. The number of nitrogens with zero attached hydrogens (tertiary/aromatic N) is 3. The van der Waals surface area contributed by atoms with Crippen molar-refractivity contribution in [3.63, 3.8) is 0 Å². The van der Waals surface area contributed by atoms with Crippen LogP contribution in [-0.2, 0) is 25.8 Å². The Hall–Kier alpha value is -1.20. The third-order valence-electron chi connectivity index (χ3n) is 3.75. The first kappa shape index (κ1) is 16.2. The minimum atomic E-state index is 0.372. The molecule has 0 aliphatic rings. The fourth-order valence-electron chi connectivity index (χ4n) is 2.53. The van der Waals surface area contributed by atoms with Crippen molar-refractivity contribution in [2.75, 3.05) is 7.05 Å². The summed E-state index contributed by atoms with van der Waals surface area (Å²) in [5.41, 5.74) is 3.67. The van der Waals surface area contributed by atoms with E-state index in [0.29, 0.717) is 6.04 Å². The van der Waals surface area contributed by atoms with Crippen molar-refractivity contribution in [2.45, 2.75) is 45.7 Å². The van der Waals surface area contributed by atoms with E-state index in [4.69, 9.17) is 0 Å². The van der Waals surface area contributed by atoms with Gasteiger partial charge in [0.15, 0.2) is 0 Å². The van der Waals surface area contributed by atoms with Crippen molar-refractivity contribution in [1.82, 2.24) is 20.1 Å². The van der Waals surface area contributed by atoms with E-state index in [-0.39, 0.29) is 0 Å². The van der Waals surface area contributed by atoms with Crippen LogP contribution in [0.4, 0.5) is 0 Å². The highest BCUT2D eigenvalue weighted by Crippen LogP contribution is 2.24. The lowest BCUT2D eigenvalue weighted by molar-refractivity contribution is 0.518. The maximum Gasteiger partial charge on any atom is 0.0766 e. The van der Waals surface area contributed by atoms with Crippen molar-refractivity contribution in [3.05, 3.63) is 46.0 Å². The maximum absolute atomic E-state index is 4.67. The molecular formula is C16H23BrN4. The average molecular weight is 351 g/mol. The minimum Gasteiger partial charge on any atom is -0.316 e. The molecule has 2 aromatic heterocycles. The van der Waals surface area contributed by atoms with Gasteiger partial charge in [0.1, 0.15) is 0 Å². The highest BCUT2D eigenvalue weighted by atomic mass is 79.9. The number of hydrogen-bond donors (Lipinski definition) is 1. The van der Waals surface area contributed by atoms with Gasteiger partial charge in [-0.25, -0.2) is 0 Å². The van der Waals surface area contributed by atoms with Gasteiger partial charge >= 0.3 is 0 Å². The third-order valence-corrected chi connectivity index (χ3v) is 4.66. The molecule has 1 N–H and O–H groups in total. The summed E-state index contributed by atoms with van der Waals surface area (Å²) in [5.74, 6) is 0. The first-order chi connectivity index (χ1) is 10.2. The lowest BCUT2D eigenvalue weighted by Gasteiger charge is -2.17. The summed E-state index contributed by atoms with van der Waals surface area (Å²) in [6, 6.07) is 4.49. The Labute approximate surface area is 135 Å². The Kier molecular flexibility index (Phi) is 5.94. The van der Waals surface area contributed by atoms with Crippen molar-refractivity contribution in [2.24, 2.45) is 0 Å². The largest absolute Gasteiger partial charge is 0.316 e. The number of likely N-dealkylation sites (N-methyl/N-ethyl adjacent to an activating group) is 1. The van der Waals surface area contributed by atoms with Crippen LogP contribution in [-0.4, -0.2) is 27.9 Å². The molecule has 0 amide bonds. The van der Waals surface area contributed by atoms with Crippen molar-refractivity contribution in [1.29, 1.82) is 0 Å². The van der Waals surface area contributed by atoms with Crippen LogP contribution in [0.2, 0.25) is 0 Å². The van der Waals surface area contributed by atoms with Gasteiger partial charge in [-0.2, -0.15) is 5.10 Å². The topological polar surface area (TPSA) is 42.7 Å². The second kappa shape index (κ2) is 7.71. The molecule has 0 radical (unpaired) electrons. The molecule has 5 heteroatoms. The first-order valence-electron chi connectivity index (χ1n) is 7.49. The summed E-state index contributed by atoms with van der Waals surface area (Å²) in [6.07, 6.45) is 6.62. The van der Waals surface area contributed by atoms with Crippen LogP contribution in [0.25, 0.3) is 0 Å². The Balaban J connectivity index is 2.16. The van der Waals surface area contributed by atoms with Crippen LogP contribution in [0.3, 0.4) is 0 Å². The molecule has 0 fully saturated rings. The molecule has 114 valence electrons. The van der Waals surface area contributed by atoms with Gasteiger partial charge in [-0.15, -0.1) is 0 Å². The van der Waals surface area contributed by atoms with Gasteiger partial charge in [-0.1, -0.05) is 13.0 Å². The van der Waals surface area contributed by atoms with E-state index in [0.717, 1.165) is 31.5 Å². The summed E-state index contributed by atoms with van der Waals surface area (Å²) in [6.45, 7) is 5.18. The number of aromatic nitrogens is 3. The second-order valence-corrected chi connectivity index (χ2v) is 5.92. The van der Waals surface area contributed by atoms with E-state index in [2.05, 4.69) is 55.9 Å². The SMILES string of the molecule is CCc1nn(CC)c(CC(Cc2cccnc2)NC)c1Br. The molecule has 2 heterocycles. The van der Waals surface area contributed by atoms with Crippen molar-refractivity contribution in [3.8, 4) is 0 Å². The zero-order valence-corrected chi connectivity index (χ0v) is 14.5. The zero-order chi connectivity index (χ0) is 15.2. The first-order valence-corrected chi connectivity index (χ1v) is 8.29. The lowest BCUT2D eigenvalue weighted by Crippen LogP contribution is -2.31. The smallest absolute Gasteiger partial charge is 0.0766 e. The second-order valence-electron chi connectivity index (χ2n) is 5.13. The van der Waals surface area contributed by atoms with Crippen LogP contribution in [0.15, 0.2) is 29.0 Å². The molecule has 2 aromatic rings. The van der Waals surface area contributed by atoms with Crippen LogP contribution in [0.1, 0.15) is 30.8 Å². The summed E-state index contributed by atoms with van der Waals surface area (Å²) in [7, 11) is 2.02. The molecular weight excluding hydrogens is 328 g/mol. The van der Waals surface area contributed by atoms with E-state index >= 15 is 0 Å². The van der Waals surface area contributed by atoms with E-state index in [1.165, 1.54) is 15.7 Å². The number of hydrogen-bond acceptors (Lipinski definition) is 3. The number of pyridine rings is 1. The van der Waals surface area contributed by atoms with E-state index in [1.807, 2.05) is 25.5 Å². The highest BCUT2D eigenvalue weighted by Gasteiger charge is 2.18. The van der Waals surface area contributed by atoms with Gasteiger partial charge in [0, 0.05) is 31.4 Å². The molecule has 2 rings (SSSR count). The summed E-state index contributed by atoms with van der Waals surface area (Å²) < 4.78 is 3.27. The normalized spacial score (nSPS) is 12.6. The number of nitrogens with one attached hydrogen (secondary N) is 1. The van der Waals surface area contributed by atoms with Gasteiger partial charge < -0.3 is 5.32 Å². The molecule has 1 atom stereocenters. The predicted molar refractivity (Wildman–Crippen MR) is 89.5 cm³/mol. The molecule has 0 aromatic carbocycles. The average Bonchev–Trinajstić information content (AvgIpc) is 2.83. The van der Waals surface area contributed by atoms with Gasteiger partial charge in [0.25, 0.3) is 0 Å². The Morgan fingerprint density at radius 3 is 2.71 bits per heavy atom. The Morgan fingerprint density at radius 2 is 2.14 bits per heavy atom.